The maximum atomic E-state index is 8.67. The molecule has 0 saturated heterocycles. The van der Waals surface area contributed by atoms with Gasteiger partial charge in [-0.25, -0.2) is 0 Å². The third-order valence-electron chi connectivity index (χ3n) is 7.98. The fourth-order valence-electron chi connectivity index (χ4n) is 5.86. The van der Waals surface area contributed by atoms with E-state index in [2.05, 4.69) is 113 Å². The van der Waals surface area contributed by atoms with E-state index in [9.17, 15) is 0 Å². The summed E-state index contributed by atoms with van der Waals surface area (Å²) in [6.07, 6.45) is 2.32. The van der Waals surface area contributed by atoms with Crippen LogP contribution in [0.25, 0.3) is 53.8 Å². The summed E-state index contributed by atoms with van der Waals surface area (Å²) >= 11 is -0.0268. The minimum Gasteiger partial charge on any atom is -0.305 e. The van der Waals surface area contributed by atoms with Gasteiger partial charge in [0.25, 0.3) is 0 Å². The van der Waals surface area contributed by atoms with Crippen LogP contribution in [0.1, 0.15) is 34.6 Å². The summed E-state index contributed by atoms with van der Waals surface area (Å²) in [6.45, 7) is 7.97. The van der Waals surface area contributed by atoms with Gasteiger partial charge in [-0.1, -0.05) is 80.3 Å². The quantitative estimate of drug-likeness (QED) is 0.127. The molecular weight excluding hydrogens is 841 g/mol. The number of fused-ring (bicyclic) bond motifs is 3. The molecule has 0 aliphatic carbocycles. The summed E-state index contributed by atoms with van der Waals surface area (Å²) < 4.78 is 21.2. The number of hydrogen-bond donors (Lipinski definition) is 0. The Bertz CT molecular complexity index is 2240. The van der Waals surface area contributed by atoms with Crippen molar-refractivity contribution in [3.63, 3.8) is 0 Å². The molecule has 0 unspecified atom stereocenters. The Morgan fingerprint density at radius 2 is 1.54 bits per heavy atom. The molecule has 245 valence electrons. The smallest absolute Gasteiger partial charge is 0.0321 e. The molecule has 0 amide bonds. The number of nitrogens with zero attached hydrogens (tertiary/aromatic N) is 2. The Hall–Kier alpha value is -3.41. The molecule has 0 bridgehead atoms. The van der Waals surface area contributed by atoms with E-state index in [1.165, 1.54) is 36.6 Å². The maximum Gasteiger partial charge on any atom is 0.0321 e. The van der Waals surface area contributed by atoms with E-state index in [-0.39, 0.29) is 20.1 Å². The monoisotopic (exact) mass is 887 g/mol. The van der Waals surface area contributed by atoms with Crippen LogP contribution in [0.2, 0.25) is 17.3 Å². The Balaban J connectivity index is 0.000000229. The van der Waals surface area contributed by atoms with Gasteiger partial charge < -0.3 is 4.98 Å². The van der Waals surface area contributed by atoms with Crippen molar-refractivity contribution in [2.45, 2.75) is 51.3 Å². The number of rotatable bonds is 5. The van der Waals surface area contributed by atoms with Crippen molar-refractivity contribution in [2.75, 3.05) is 0 Å². The number of benzene rings is 4. The third kappa shape index (κ3) is 8.41. The first-order valence-corrected chi connectivity index (χ1v) is 24.2. The molecular formula is C43H42GeIrN2S-2. The van der Waals surface area contributed by atoms with E-state index in [4.69, 9.17) is 2.74 Å². The van der Waals surface area contributed by atoms with E-state index >= 15 is 0 Å². The summed E-state index contributed by atoms with van der Waals surface area (Å²) in [5.74, 6) is 7.20. The predicted octanol–water partition coefficient (Wildman–Crippen LogP) is 11.6. The minimum absolute atomic E-state index is 0. The van der Waals surface area contributed by atoms with Gasteiger partial charge in [-0.15, -0.1) is 23.8 Å². The van der Waals surface area contributed by atoms with Crippen molar-refractivity contribution >= 4 is 49.2 Å². The van der Waals surface area contributed by atoms with Crippen molar-refractivity contribution in [2.24, 2.45) is 5.41 Å². The zero-order valence-electron chi connectivity index (χ0n) is 30.6. The van der Waals surface area contributed by atoms with Crippen LogP contribution in [0, 0.1) is 24.5 Å². The second kappa shape index (κ2) is 15.0. The minimum atomic E-state index is -1.77. The van der Waals surface area contributed by atoms with E-state index in [0.717, 1.165) is 27.2 Å². The largest absolute Gasteiger partial charge is 0.305 e. The van der Waals surface area contributed by atoms with Crippen LogP contribution in [0.4, 0.5) is 0 Å². The molecule has 4 aromatic carbocycles. The molecule has 0 aliphatic rings. The van der Waals surface area contributed by atoms with E-state index in [0.29, 0.717) is 5.56 Å². The molecule has 0 spiro atoms. The molecule has 0 atom stereocenters. The molecule has 7 aromatic rings. The van der Waals surface area contributed by atoms with Crippen LogP contribution < -0.4 is 4.40 Å². The van der Waals surface area contributed by atoms with Crippen molar-refractivity contribution < 1.29 is 22.8 Å². The predicted molar refractivity (Wildman–Crippen MR) is 206 cm³/mol. The van der Waals surface area contributed by atoms with Gasteiger partial charge >= 0.3 is 106 Å². The van der Waals surface area contributed by atoms with Crippen molar-refractivity contribution in [3.05, 3.63) is 139 Å². The summed E-state index contributed by atoms with van der Waals surface area (Å²) in [5.41, 5.74) is 7.70. The SMILES string of the molecule is Cc1cc(-c2[c-]cccc2)nc[c]1[Ge]([CH3])([CH3])[CH3].[2H]C([2H])(c1ccnc(-c2[c-]ccc3c2sc2cc(-c4ccccc4)ccc23)c1)C(C)(C)C.[Ir]. The van der Waals surface area contributed by atoms with Gasteiger partial charge in [0, 0.05) is 33.7 Å². The van der Waals surface area contributed by atoms with Gasteiger partial charge in [0.1, 0.15) is 0 Å². The topological polar surface area (TPSA) is 25.8 Å². The molecule has 48 heavy (non-hydrogen) atoms. The molecule has 2 nitrogen and oxygen atoms in total. The fraction of sp³-hybridized carbons (Fsp3) is 0.209. The Morgan fingerprint density at radius 3 is 2.23 bits per heavy atom. The van der Waals surface area contributed by atoms with Gasteiger partial charge in [-0.3, -0.25) is 0 Å². The zero-order chi connectivity index (χ0) is 35.0. The van der Waals surface area contributed by atoms with Gasteiger partial charge in [-0.2, -0.15) is 11.3 Å². The zero-order valence-corrected chi connectivity index (χ0v) is 33.9. The number of aryl methyl sites for hydroxylation is 1. The second-order valence-corrected chi connectivity index (χ2v) is 25.6. The molecule has 7 rings (SSSR count). The van der Waals surface area contributed by atoms with E-state index in [1.807, 2.05) is 57.2 Å². The molecule has 1 radical (unpaired) electrons. The summed E-state index contributed by atoms with van der Waals surface area (Å²) in [6, 6.07) is 41.6. The van der Waals surface area contributed by atoms with Crippen LogP contribution in [-0.4, -0.2) is 23.2 Å². The molecule has 3 heterocycles. The first kappa shape index (κ1) is 33.1. The van der Waals surface area contributed by atoms with Crippen molar-refractivity contribution in [1.82, 2.24) is 9.97 Å². The normalized spacial score (nSPS) is 12.5. The van der Waals surface area contributed by atoms with Crippen LogP contribution in [0.3, 0.4) is 0 Å². The van der Waals surface area contributed by atoms with Crippen LogP contribution >= 0.6 is 11.3 Å². The summed E-state index contributed by atoms with van der Waals surface area (Å²) in [7, 11) is 0. The Labute approximate surface area is 309 Å². The van der Waals surface area contributed by atoms with Gasteiger partial charge in [0.15, 0.2) is 0 Å². The van der Waals surface area contributed by atoms with E-state index < -0.39 is 25.1 Å². The number of thiophene rings is 1. The van der Waals surface area contributed by atoms with Crippen LogP contribution in [0.5, 0.6) is 0 Å². The van der Waals surface area contributed by atoms with Gasteiger partial charge in [0.05, 0.1) is 0 Å². The van der Waals surface area contributed by atoms with Gasteiger partial charge in [-0.05, 0) is 50.8 Å². The third-order valence-corrected chi connectivity index (χ3v) is 13.7. The Morgan fingerprint density at radius 1 is 0.771 bits per heavy atom. The molecule has 3 aromatic heterocycles. The first-order chi connectivity index (χ1) is 23.2. The summed E-state index contributed by atoms with van der Waals surface area (Å²) in [4.78, 5) is 9.19. The second-order valence-electron chi connectivity index (χ2n) is 14.0. The summed E-state index contributed by atoms with van der Waals surface area (Å²) in [5, 5.41) is 2.41. The average Bonchev–Trinajstić information content (AvgIpc) is 3.46. The maximum absolute atomic E-state index is 8.67. The Kier molecular flexibility index (Phi) is 10.4. The fourth-order valence-corrected chi connectivity index (χ4v) is 10.7. The molecule has 0 fully saturated rings. The van der Waals surface area contributed by atoms with Crippen LogP contribution in [-0.2, 0) is 26.5 Å². The van der Waals surface area contributed by atoms with Gasteiger partial charge in [0.2, 0.25) is 0 Å². The first-order valence-electron chi connectivity index (χ1n) is 17.1. The standard InChI is InChI=1S/C28H24NS.C15H18GeN.Ir/c1-28(2,3)18-19-14-15-29-25(16-19)24-11-7-10-23-22-13-12-21(17-26(22)30-27(23)24)20-8-5-4-6-9-20;1-12-10-15(13-8-6-5-7-9-13)17-11-14(12)16(2,3)4;/h4-10,12-17H,18H2,1-3H3;5-8,10-11H,1-4H3;/q2*-1;/i18D2;;. The average molecular weight is 886 g/mol. The number of hydrogen-bond acceptors (Lipinski definition) is 3. The number of pyridine rings is 2. The van der Waals surface area contributed by atoms with E-state index in [1.54, 1.807) is 23.6 Å². The molecule has 0 saturated carbocycles. The van der Waals surface area contributed by atoms with Crippen molar-refractivity contribution in [1.29, 1.82) is 0 Å². The van der Waals surface area contributed by atoms with Crippen LogP contribution in [0.15, 0.2) is 116 Å². The molecule has 5 heteroatoms. The molecule has 0 aliphatic heterocycles. The number of aromatic nitrogens is 2. The molecule has 0 N–H and O–H groups in total. The van der Waals surface area contributed by atoms with Crippen molar-refractivity contribution in [3.8, 4) is 33.6 Å².